The predicted molar refractivity (Wildman–Crippen MR) is 102 cm³/mol. The first kappa shape index (κ1) is 17.5. The lowest BCUT2D eigenvalue weighted by atomic mass is 10.1. The maximum Gasteiger partial charge on any atom is 0.252 e. The number of amides is 1. The molecule has 27 heavy (non-hydrogen) atoms. The fraction of sp³-hybridized carbons (Fsp3) is 0.400. The Morgan fingerprint density at radius 1 is 1.41 bits per heavy atom. The van der Waals surface area contributed by atoms with Gasteiger partial charge in [0.1, 0.15) is 0 Å². The second-order valence-electron chi connectivity index (χ2n) is 6.86. The molecule has 3 aromatic heterocycles. The molecule has 1 saturated carbocycles. The van der Waals surface area contributed by atoms with E-state index in [2.05, 4.69) is 15.4 Å². The summed E-state index contributed by atoms with van der Waals surface area (Å²) in [4.78, 5) is 22.0. The van der Waals surface area contributed by atoms with Crippen molar-refractivity contribution in [3.05, 3.63) is 46.9 Å². The van der Waals surface area contributed by atoms with Crippen LogP contribution >= 0.6 is 0 Å². The molecule has 1 N–H and O–H groups in total. The van der Waals surface area contributed by atoms with E-state index < -0.39 is 0 Å². The van der Waals surface area contributed by atoms with Crippen LogP contribution in [-0.4, -0.2) is 32.3 Å². The number of carbonyl (C=O) groups is 1. The van der Waals surface area contributed by atoms with Crippen molar-refractivity contribution >= 4 is 16.9 Å². The summed E-state index contributed by atoms with van der Waals surface area (Å²) in [5, 5.41) is 8.28. The van der Waals surface area contributed by atoms with Crippen molar-refractivity contribution in [2.75, 3.05) is 6.61 Å². The predicted octanol–water partition coefficient (Wildman–Crippen LogP) is 2.88. The molecule has 7 heteroatoms. The number of nitrogens with one attached hydrogen (secondary N) is 1. The maximum absolute atomic E-state index is 13.0. The highest BCUT2D eigenvalue weighted by atomic mass is 16.5. The number of aromatic nitrogens is 4. The fourth-order valence-electron chi connectivity index (χ4n) is 3.33. The Balaban J connectivity index is 1.65. The van der Waals surface area contributed by atoms with Gasteiger partial charge in [0.15, 0.2) is 5.65 Å². The Bertz CT molecular complexity index is 1010. The number of ether oxygens (including phenoxy) is 1. The number of hydrogen-bond donors (Lipinski definition) is 1. The molecule has 0 aliphatic heterocycles. The van der Waals surface area contributed by atoms with Gasteiger partial charge in [0, 0.05) is 37.0 Å². The number of hydrogen-bond acceptors (Lipinski definition) is 5. The first-order chi connectivity index (χ1) is 13.1. The van der Waals surface area contributed by atoms with Crippen LogP contribution in [-0.2, 0) is 13.6 Å². The van der Waals surface area contributed by atoms with Crippen molar-refractivity contribution < 1.29 is 9.53 Å². The number of pyridine rings is 2. The number of carbonyl (C=O) groups excluding carboxylic acids is 1. The Morgan fingerprint density at radius 3 is 2.96 bits per heavy atom. The van der Waals surface area contributed by atoms with E-state index in [0.717, 1.165) is 40.8 Å². The largest absolute Gasteiger partial charge is 0.478 e. The van der Waals surface area contributed by atoms with Crippen molar-refractivity contribution in [2.24, 2.45) is 7.05 Å². The topological polar surface area (TPSA) is 81.9 Å². The Kier molecular flexibility index (Phi) is 4.51. The molecule has 1 aliphatic carbocycles. The van der Waals surface area contributed by atoms with Gasteiger partial charge < -0.3 is 10.1 Å². The van der Waals surface area contributed by atoms with E-state index in [-0.39, 0.29) is 5.91 Å². The van der Waals surface area contributed by atoms with Crippen molar-refractivity contribution in [3.63, 3.8) is 0 Å². The van der Waals surface area contributed by atoms with Crippen LogP contribution in [0, 0.1) is 6.92 Å². The third-order valence-corrected chi connectivity index (χ3v) is 4.80. The van der Waals surface area contributed by atoms with Crippen LogP contribution in [0.5, 0.6) is 5.88 Å². The van der Waals surface area contributed by atoms with Gasteiger partial charge in [-0.15, -0.1) is 0 Å². The van der Waals surface area contributed by atoms with Gasteiger partial charge in [-0.05, 0) is 38.8 Å². The van der Waals surface area contributed by atoms with Crippen LogP contribution in [0.1, 0.15) is 53.0 Å². The Labute approximate surface area is 157 Å². The SMILES string of the molecule is CCOc1ncccc1CNC(=O)c1cc(C2CC2)nc2c1c(C)nn2C. The second kappa shape index (κ2) is 6.98. The van der Waals surface area contributed by atoms with Gasteiger partial charge in [-0.25, -0.2) is 9.97 Å². The Morgan fingerprint density at radius 2 is 2.22 bits per heavy atom. The molecule has 7 nitrogen and oxygen atoms in total. The van der Waals surface area contributed by atoms with E-state index in [1.807, 2.05) is 39.1 Å². The molecule has 0 radical (unpaired) electrons. The van der Waals surface area contributed by atoms with Gasteiger partial charge in [0.05, 0.1) is 23.3 Å². The molecule has 0 unspecified atom stereocenters. The molecule has 0 aromatic carbocycles. The lowest BCUT2D eigenvalue weighted by Crippen LogP contribution is -2.24. The summed E-state index contributed by atoms with van der Waals surface area (Å²) < 4.78 is 7.29. The van der Waals surface area contributed by atoms with Crippen LogP contribution in [0.25, 0.3) is 11.0 Å². The van der Waals surface area contributed by atoms with Gasteiger partial charge in [-0.1, -0.05) is 6.07 Å². The van der Waals surface area contributed by atoms with Crippen molar-refractivity contribution in [2.45, 2.75) is 39.2 Å². The van der Waals surface area contributed by atoms with Crippen LogP contribution in [0.3, 0.4) is 0 Å². The van der Waals surface area contributed by atoms with E-state index in [1.165, 1.54) is 0 Å². The zero-order chi connectivity index (χ0) is 19.0. The third-order valence-electron chi connectivity index (χ3n) is 4.80. The summed E-state index contributed by atoms with van der Waals surface area (Å²) in [5.74, 6) is 0.877. The van der Waals surface area contributed by atoms with Crippen LogP contribution < -0.4 is 10.1 Å². The quantitative estimate of drug-likeness (QED) is 0.726. The van der Waals surface area contributed by atoms with E-state index in [1.54, 1.807) is 10.9 Å². The molecular formula is C20H23N5O2. The highest BCUT2D eigenvalue weighted by molar-refractivity contribution is 6.06. The van der Waals surface area contributed by atoms with Crippen molar-refractivity contribution in [3.8, 4) is 5.88 Å². The van der Waals surface area contributed by atoms with Crippen LogP contribution in [0.4, 0.5) is 0 Å². The Hall–Kier alpha value is -2.96. The molecule has 4 rings (SSSR count). The fourth-order valence-corrected chi connectivity index (χ4v) is 3.33. The standard InChI is InChI=1S/C20H23N5O2/c1-4-27-20-14(6-5-9-21-20)11-22-19(26)15-10-16(13-7-8-13)23-18-17(15)12(2)24-25(18)3/h5-6,9-10,13H,4,7-8,11H2,1-3H3,(H,22,26). The summed E-state index contributed by atoms with van der Waals surface area (Å²) in [6.45, 7) is 4.70. The average Bonchev–Trinajstić information content (AvgIpc) is 3.47. The number of aryl methyl sites for hydroxylation is 2. The molecule has 0 bridgehead atoms. The molecule has 3 aromatic rings. The van der Waals surface area contributed by atoms with Gasteiger partial charge in [0.2, 0.25) is 5.88 Å². The zero-order valence-corrected chi connectivity index (χ0v) is 15.8. The third kappa shape index (κ3) is 3.37. The van der Waals surface area contributed by atoms with Gasteiger partial charge >= 0.3 is 0 Å². The first-order valence-electron chi connectivity index (χ1n) is 9.27. The normalized spacial score (nSPS) is 13.7. The molecule has 1 fully saturated rings. The smallest absolute Gasteiger partial charge is 0.252 e. The lowest BCUT2D eigenvalue weighted by Gasteiger charge is -2.11. The van der Waals surface area contributed by atoms with Crippen molar-refractivity contribution in [1.29, 1.82) is 0 Å². The van der Waals surface area contributed by atoms with E-state index in [9.17, 15) is 4.79 Å². The van der Waals surface area contributed by atoms with Crippen LogP contribution in [0.2, 0.25) is 0 Å². The molecule has 0 saturated heterocycles. The minimum absolute atomic E-state index is 0.133. The van der Waals surface area contributed by atoms with E-state index >= 15 is 0 Å². The molecule has 140 valence electrons. The maximum atomic E-state index is 13.0. The summed E-state index contributed by atoms with van der Waals surface area (Å²) in [5.41, 5.74) is 4.03. The number of fused-ring (bicyclic) bond motifs is 1. The number of rotatable bonds is 6. The molecular weight excluding hydrogens is 342 g/mol. The van der Waals surface area contributed by atoms with E-state index in [4.69, 9.17) is 9.72 Å². The van der Waals surface area contributed by atoms with E-state index in [0.29, 0.717) is 30.5 Å². The minimum Gasteiger partial charge on any atom is -0.478 e. The summed E-state index contributed by atoms with van der Waals surface area (Å²) in [6.07, 6.45) is 3.94. The van der Waals surface area contributed by atoms with Crippen molar-refractivity contribution in [1.82, 2.24) is 25.1 Å². The summed E-state index contributed by atoms with van der Waals surface area (Å²) >= 11 is 0. The molecule has 0 atom stereocenters. The highest BCUT2D eigenvalue weighted by Crippen LogP contribution is 2.40. The van der Waals surface area contributed by atoms with Gasteiger partial charge in [0.25, 0.3) is 5.91 Å². The van der Waals surface area contributed by atoms with Crippen LogP contribution in [0.15, 0.2) is 24.4 Å². The summed E-state index contributed by atoms with van der Waals surface area (Å²) in [7, 11) is 1.87. The zero-order valence-electron chi connectivity index (χ0n) is 15.8. The monoisotopic (exact) mass is 365 g/mol. The first-order valence-corrected chi connectivity index (χ1v) is 9.27. The number of nitrogens with zero attached hydrogens (tertiary/aromatic N) is 4. The van der Waals surface area contributed by atoms with Gasteiger partial charge in [-0.3, -0.25) is 9.48 Å². The molecule has 1 aliphatic rings. The lowest BCUT2D eigenvalue weighted by molar-refractivity contribution is 0.0952. The molecule has 0 spiro atoms. The minimum atomic E-state index is -0.133. The second-order valence-corrected chi connectivity index (χ2v) is 6.86. The molecule has 1 amide bonds. The van der Waals surface area contributed by atoms with Gasteiger partial charge in [-0.2, -0.15) is 5.10 Å². The average molecular weight is 365 g/mol. The summed E-state index contributed by atoms with van der Waals surface area (Å²) in [6, 6.07) is 5.67. The molecule has 3 heterocycles. The highest BCUT2D eigenvalue weighted by Gasteiger charge is 2.28.